The van der Waals surface area contributed by atoms with Gasteiger partial charge < -0.3 is 0 Å². The first kappa shape index (κ1) is 19.4. The number of aryl methyl sites for hydroxylation is 1. The van der Waals surface area contributed by atoms with Gasteiger partial charge in [0.25, 0.3) is 10.0 Å². The summed E-state index contributed by atoms with van der Waals surface area (Å²) in [5.41, 5.74) is 1.95. The topological polar surface area (TPSA) is 54.5 Å². The highest BCUT2D eigenvalue weighted by atomic mass is 32.2. The van der Waals surface area contributed by atoms with E-state index in [9.17, 15) is 13.2 Å². The molecule has 5 heteroatoms. The molecule has 148 valence electrons. The first-order valence-corrected chi connectivity index (χ1v) is 11.1. The lowest BCUT2D eigenvalue weighted by atomic mass is 9.74. The number of hydrogen-bond donors (Lipinski definition) is 0. The summed E-state index contributed by atoms with van der Waals surface area (Å²) in [7, 11) is -3.89. The fourth-order valence-corrected chi connectivity index (χ4v) is 5.50. The van der Waals surface area contributed by atoms with Gasteiger partial charge >= 0.3 is 0 Å². The summed E-state index contributed by atoms with van der Waals surface area (Å²) in [6, 6.07) is 25.9. The van der Waals surface area contributed by atoms with Crippen LogP contribution in [0.1, 0.15) is 23.1 Å². The van der Waals surface area contributed by atoms with Crippen molar-refractivity contribution >= 4 is 15.9 Å². The van der Waals surface area contributed by atoms with Crippen molar-refractivity contribution in [3.63, 3.8) is 0 Å². The van der Waals surface area contributed by atoms with Crippen molar-refractivity contribution in [2.75, 3.05) is 6.54 Å². The lowest BCUT2D eigenvalue weighted by Gasteiger charge is -2.28. The summed E-state index contributed by atoms with van der Waals surface area (Å²) in [5.74, 6) is -0.354. The fourth-order valence-electron chi connectivity index (χ4n) is 4.04. The Bertz CT molecular complexity index is 1110. The molecule has 1 heterocycles. The van der Waals surface area contributed by atoms with Crippen LogP contribution in [0.5, 0.6) is 0 Å². The zero-order chi connectivity index (χ0) is 20.5. The van der Waals surface area contributed by atoms with Crippen molar-refractivity contribution in [3.05, 3.63) is 102 Å². The van der Waals surface area contributed by atoms with Crippen molar-refractivity contribution in [1.29, 1.82) is 0 Å². The predicted octanol–water partition coefficient (Wildman–Crippen LogP) is 4.10. The maximum absolute atomic E-state index is 13.7. The Morgan fingerprint density at radius 1 is 0.862 bits per heavy atom. The first-order chi connectivity index (χ1) is 13.9. The molecule has 3 aromatic carbocycles. The molecule has 0 spiro atoms. The Kier molecular flexibility index (Phi) is 5.01. The largest absolute Gasteiger partial charge is 0.273 e. The van der Waals surface area contributed by atoms with Gasteiger partial charge in [-0.1, -0.05) is 78.4 Å². The summed E-state index contributed by atoms with van der Waals surface area (Å²) < 4.78 is 27.5. The Balaban J connectivity index is 1.76. The SMILES string of the molecule is Cc1ccc(S(=O)(=O)N2CCC(Cc3ccccc3)(c3ccccc3)C2=O)cc1. The van der Waals surface area contributed by atoms with Crippen LogP contribution in [-0.2, 0) is 26.7 Å². The van der Waals surface area contributed by atoms with Gasteiger partial charge in [-0.05, 0) is 43.0 Å². The van der Waals surface area contributed by atoms with Crippen LogP contribution >= 0.6 is 0 Å². The third kappa shape index (κ3) is 3.47. The number of amides is 1. The normalized spacial score (nSPS) is 19.5. The second-order valence-electron chi connectivity index (χ2n) is 7.56. The van der Waals surface area contributed by atoms with Crippen LogP contribution in [0.25, 0.3) is 0 Å². The molecule has 0 aromatic heterocycles. The first-order valence-electron chi connectivity index (χ1n) is 9.67. The maximum atomic E-state index is 13.7. The van der Waals surface area contributed by atoms with E-state index < -0.39 is 15.4 Å². The van der Waals surface area contributed by atoms with Crippen molar-refractivity contribution in [2.24, 2.45) is 0 Å². The van der Waals surface area contributed by atoms with Gasteiger partial charge in [-0.25, -0.2) is 12.7 Å². The molecule has 1 fully saturated rings. The molecule has 4 rings (SSSR count). The van der Waals surface area contributed by atoms with E-state index in [-0.39, 0.29) is 17.3 Å². The summed E-state index contributed by atoms with van der Waals surface area (Å²) in [5, 5.41) is 0. The number of rotatable bonds is 5. The molecule has 0 bridgehead atoms. The van der Waals surface area contributed by atoms with Crippen LogP contribution in [0, 0.1) is 6.92 Å². The molecule has 1 unspecified atom stereocenters. The zero-order valence-corrected chi connectivity index (χ0v) is 17.1. The summed E-state index contributed by atoms with van der Waals surface area (Å²) in [6.45, 7) is 2.08. The molecule has 0 aliphatic carbocycles. The molecule has 3 aromatic rings. The molecule has 1 atom stereocenters. The molecule has 1 aliphatic heterocycles. The molecule has 0 saturated carbocycles. The van der Waals surface area contributed by atoms with Crippen LogP contribution in [0.2, 0.25) is 0 Å². The van der Waals surface area contributed by atoms with Gasteiger partial charge in [0.05, 0.1) is 10.3 Å². The van der Waals surface area contributed by atoms with E-state index in [4.69, 9.17) is 0 Å². The number of nitrogens with zero attached hydrogens (tertiary/aromatic N) is 1. The number of carbonyl (C=O) groups excluding carboxylic acids is 1. The highest BCUT2D eigenvalue weighted by Crippen LogP contribution is 2.41. The van der Waals surface area contributed by atoms with Gasteiger partial charge in [-0.15, -0.1) is 0 Å². The van der Waals surface area contributed by atoms with Crippen LogP contribution in [-0.4, -0.2) is 25.2 Å². The third-order valence-corrected chi connectivity index (χ3v) is 7.46. The number of sulfonamides is 1. The van der Waals surface area contributed by atoms with E-state index in [0.29, 0.717) is 12.8 Å². The third-order valence-electron chi connectivity index (χ3n) is 5.66. The Morgan fingerprint density at radius 3 is 2.07 bits per heavy atom. The van der Waals surface area contributed by atoms with E-state index in [1.54, 1.807) is 24.3 Å². The molecule has 0 N–H and O–H groups in total. The van der Waals surface area contributed by atoms with E-state index in [1.807, 2.05) is 67.6 Å². The molecule has 1 amide bonds. The van der Waals surface area contributed by atoms with Gasteiger partial charge in [0, 0.05) is 6.54 Å². The van der Waals surface area contributed by atoms with Gasteiger partial charge in [0.15, 0.2) is 0 Å². The van der Waals surface area contributed by atoms with Crippen LogP contribution in [0.4, 0.5) is 0 Å². The van der Waals surface area contributed by atoms with Crippen LogP contribution in [0.3, 0.4) is 0 Å². The minimum absolute atomic E-state index is 0.153. The fraction of sp³-hybridized carbons (Fsp3) is 0.208. The highest BCUT2D eigenvalue weighted by Gasteiger charge is 2.51. The molecular weight excluding hydrogens is 382 g/mol. The standard InChI is InChI=1S/C24H23NO3S/c1-19-12-14-22(15-13-19)29(27,28)25-17-16-24(23(25)26,21-10-6-3-7-11-21)18-20-8-4-2-5-9-20/h2-15H,16-18H2,1H3. The zero-order valence-electron chi connectivity index (χ0n) is 16.3. The molecule has 29 heavy (non-hydrogen) atoms. The molecular formula is C24H23NO3S. The summed E-state index contributed by atoms with van der Waals surface area (Å²) in [6.07, 6.45) is 0.923. The monoisotopic (exact) mass is 405 g/mol. The van der Waals surface area contributed by atoms with Crippen molar-refractivity contribution in [1.82, 2.24) is 4.31 Å². The summed E-state index contributed by atoms with van der Waals surface area (Å²) in [4.78, 5) is 13.8. The van der Waals surface area contributed by atoms with E-state index in [2.05, 4.69) is 0 Å². The predicted molar refractivity (Wildman–Crippen MR) is 113 cm³/mol. The van der Waals surface area contributed by atoms with Crippen molar-refractivity contribution in [3.8, 4) is 0 Å². The Labute approximate surface area is 171 Å². The number of benzene rings is 3. The van der Waals surface area contributed by atoms with Gasteiger partial charge in [0.2, 0.25) is 5.91 Å². The average molecular weight is 406 g/mol. The smallest absolute Gasteiger partial charge is 0.266 e. The van der Waals surface area contributed by atoms with Crippen LogP contribution < -0.4 is 0 Å². The van der Waals surface area contributed by atoms with E-state index >= 15 is 0 Å². The lowest BCUT2D eigenvalue weighted by Crippen LogP contribution is -2.42. The maximum Gasteiger partial charge on any atom is 0.266 e. The Morgan fingerprint density at radius 2 is 1.45 bits per heavy atom. The van der Waals surface area contributed by atoms with Gasteiger partial charge in [-0.2, -0.15) is 0 Å². The van der Waals surface area contributed by atoms with E-state index in [0.717, 1.165) is 21.0 Å². The lowest BCUT2D eigenvalue weighted by molar-refractivity contribution is -0.128. The minimum Gasteiger partial charge on any atom is -0.273 e. The van der Waals surface area contributed by atoms with Gasteiger partial charge in [-0.3, -0.25) is 4.79 Å². The summed E-state index contributed by atoms with van der Waals surface area (Å²) >= 11 is 0. The quantitative estimate of drug-likeness (QED) is 0.642. The number of carbonyl (C=O) groups is 1. The molecule has 1 aliphatic rings. The minimum atomic E-state index is -3.89. The highest BCUT2D eigenvalue weighted by molar-refractivity contribution is 7.89. The van der Waals surface area contributed by atoms with Crippen molar-refractivity contribution < 1.29 is 13.2 Å². The van der Waals surface area contributed by atoms with E-state index in [1.165, 1.54) is 0 Å². The van der Waals surface area contributed by atoms with Gasteiger partial charge in [0.1, 0.15) is 0 Å². The number of hydrogen-bond acceptors (Lipinski definition) is 3. The van der Waals surface area contributed by atoms with Crippen LogP contribution in [0.15, 0.2) is 89.8 Å². The molecule has 1 saturated heterocycles. The second kappa shape index (κ2) is 7.48. The second-order valence-corrected chi connectivity index (χ2v) is 9.42. The molecule has 4 nitrogen and oxygen atoms in total. The Hall–Kier alpha value is -2.92. The molecule has 0 radical (unpaired) electrons. The van der Waals surface area contributed by atoms with Crippen molar-refractivity contribution in [2.45, 2.75) is 30.1 Å². The average Bonchev–Trinajstić information content (AvgIpc) is 3.07.